The van der Waals surface area contributed by atoms with Gasteiger partial charge >= 0.3 is 0 Å². The van der Waals surface area contributed by atoms with Gasteiger partial charge in [-0.2, -0.15) is 0 Å². The van der Waals surface area contributed by atoms with Crippen LogP contribution in [0.15, 0.2) is 54.6 Å². The number of nitrogen functional groups attached to an aromatic ring is 1. The van der Waals surface area contributed by atoms with Crippen LogP contribution in [0.3, 0.4) is 0 Å². The molecule has 1 amide bonds. The van der Waals surface area contributed by atoms with Crippen LogP contribution in [0.4, 0.5) is 5.82 Å². The van der Waals surface area contributed by atoms with E-state index in [1.807, 2.05) is 54.0 Å². The summed E-state index contributed by atoms with van der Waals surface area (Å²) in [5.74, 6) is 0.263. The van der Waals surface area contributed by atoms with Crippen molar-refractivity contribution in [3.05, 3.63) is 65.7 Å². The maximum absolute atomic E-state index is 13.4. The van der Waals surface area contributed by atoms with Crippen molar-refractivity contribution in [1.29, 1.82) is 0 Å². The molecule has 0 saturated carbocycles. The molecule has 0 bridgehead atoms. The third kappa shape index (κ3) is 5.16. The molecule has 0 saturated heterocycles. The Morgan fingerprint density at radius 3 is 2.42 bits per heavy atom. The number of rotatable bonds is 10. The molecule has 6 nitrogen and oxygen atoms in total. The zero-order chi connectivity index (χ0) is 23.2. The molecule has 0 aliphatic heterocycles. The summed E-state index contributed by atoms with van der Waals surface area (Å²) in [6.07, 6.45) is 6.21. The molecule has 2 aromatic heterocycles. The number of benzene rings is 2. The monoisotopic (exact) mass is 443 g/mol. The van der Waals surface area contributed by atoms with E-state index in [0.717, 1.165) is 43.3 Å². The molecule has 4 rings (SSSR count). The normalized spacial score (nSPS) is 12.3. The number of anilines is 1. The molecule has 3 N–H and O–H groups in total. The van der Waals surface area contributed by atoms with E-state index in [4.69, 9.17) is 15.7 Å². The Kier molecular flexibility index (Phi) is 7.23. The fourth-order valence-electron chi connectivity index (χ4n) is 4.26. The summed E-state index contributed by atoms with van der Waals surface area (Å²) in [5.41, 5.74) is 11.1. The lowest BCUT2D eigenvalue weighted by molar-refractivity contribution is 0.0940. The number of unbranched alkanes of at least 4 members (excludes halogenated alkanes) is 3. The second-order valence-electron chi connectivity index (χ2n) is 8.76. The smallest absolute Gasteiger partial charge is 0.257 e. The minimum Gasteiger partial charge on any atom is -0.384 e. The molecule has 0 unspecified atom stereocenters. The zero-order valence-corrected chi connectivity index (χ0v) is 19.6. The molecule has 0 fully saturated rings. The number of carbonyl (C=O) groups is 1. The van der Waals surface area contributed by atoms with Crippen molar-refractivity contribution in [3.63, 3.8) is 0 Å². The van der Waals surface area contributed by atoms with Crippen molar-refractivity contribution in [2.24, 2.45) is 0 Å². The molecule has 2 heterocycles. The predicted octanol–water partition coefficient (Wildman–Crippen LogP) is 5.50. The number of para-hydroxylation sites is 2. The Bertz CT molecular complexity index is 1230. The first-order valence-corrected chi connectivity index (χ1v) is 12.0. The van der Waals surface area contributed by atoms with Gasteiger partial charge in [0.15, 0.2) is 5.65 Å². The largest absolute Gasteiger partial charge is 0.384 e. The van der Waals surface area contributed by atoms with Crippen molar-refractivity contribution in [3.8, 4) is 0 Å². The first-order chi connectivity index (χ1) is 16.1. The number of hydrogen-bond donors (Lipinski definition) is 2. The van der Waals surface area contributed by atoms with Crippen molar-refractivity contribution in [1.82, 2.24) is 19.9 Å². The van der Waals surface area contributed by atoms with Gasteiger partial charge in [-0.1, -0.05) is 68.7 Å². The van der Waals surface area contributed by atoms with Gasteiger partial charge in [-0.25, -0.2) is 9.97 Å². The van der Waals surface area contributed by atoms with Gasteiger partial charge in [0.05, 0.1) is 11.0 Å². The SMILES string of the molecule is CCCCCCn1c(N)c(C(=O)N[C@H](C)CCc2ccccc2)c2nc3ccccc3nc21. The lowest BCUT2D eigenvalue weighted by Crippen LogP contribution is -2.33. The van der Waals surface area contributed by atoms with Crippen LogP contribution in [0.2, 0.25) is 0 Å². The lowest BCUT2D eigenvalue weighted by atomic mass is 10.1. The van der Waals surface area contributed by atoms with Crippen molar-refractivity contribution in [2.75, 3.05) is 5.73 Å². The first kappa shape index (κ1) is 22.8. The average molecular weight is 444 g/mol. The van der Waals surface area contributed by atoms with Gasteiger partial charge in [-0.05, 0) is 43.9 Å². The van der Waals surface area contributed by atoms with Crippen LogP contribution in [-0.4, -0.2) is 26.5 Å². The summed E-state index contributed by atoms with van der Waals surface area (Å²) in [4.78, 5) is 23.0. The highest BCUT2D eigenvalue weighted by molar-refractivity contribution is 6.10. The number of fused-ring (bicyclic) bond motifs is 2. The Hall–Kier alpha value is -3.41. The number of nitrogens with zero attached hydrogens (tertiary/aromatic N) is 3. The summed E-state index contributed by atoms with van der Waals surface area (Å²) < 4.78 is 1.97. The molecular formula is C27H33N5O. The zero-order valence-electron chi connectivity index (χ0n) is 19.6. The number of aryl methyl sites for hydroxylation is 2. The van der Waals surface area contributed by atoms with E-state index >= 15 is 0 Å². The number of nitrogens with one attached hydrogen (secondary N) is 1. The summed E-state index contributed by atoms with van der Waals surface area (Å²) >= 11 is 0. The second kappa shape index (κ2) is 10.5. The molecule has 1 atom stereocenters. The Balaban J connectivity index is 1.61. The van der Waals surface area contributed by atoms with E-state index in [2.05, 4.69) is 24.4 Å². The van der Waals surface area contributed by atoms with Gasteiger partial charge in [0.1, 0.15) is 16.9 Å². The van der Waals surface area contributed by atoms with Gasteiger partial charge in [0.25, 0.3) is 5.91 Å². The minimum absolute atomic E-state index is 0.00785. The van der Waals surface area contributed by atoms with Crippen LogP contribution >= 0.6 is 0 Å². The summed E-state index contributed by atoms with van der Waals surface area (Å²) in [6, 6.07) is 18.1. The molecule has 0 aliphatic carbocycles. The summed E-state index contributed by atoms with van der Waals surface area (Å²) in [6.45, 7) is 4.95. The van der Waals surface area contributed by atoms with E-state index in [1.165, 1.54) is 18.4 Å². The maximum Gasteiger partial charge on any atom is 0.257 e. The van der Waals surface area contributed by atoms with Crippen molar-refractivity contribution < 1.29 is 4.79 Å². The predicted molar refractivity (Wildman–Crippen MR) is 135 cm³/mol. The second-order valence-corrected chi connectivity index (χ2v) is 8.76. The first-order valence-electron chi connectivity index (χ1n) is 12.0. The molecule has 4 aromatic rings. The third-order valence-corrected chi connectivity index (χ3v) is 6.14. The summed E-state index contributed by atoms with van der Waals surface area (Å²) in [7, 11) is 0. The number of nitrogens with two attached hydrogens (primary N) is 1. The Morgan fingerprint density at radius 2 is 1.70 bits per heavy atom. The Labute approximate surface area is 195 Å². The van der Waals surface area contributed by atoms with Gasteiger partial charge < -0.3 is 15.6 Å². The number of amides is 1. The fourth-order valence-corrected chi connectivity index (χ4v) is 4.26. The molecule has 6 heteroatoms. The van der Waals surface area contributed by atoms with E-state index < -0.39 is 0 Å². The van der Waals surface area contributed by atoms with Gasteiger partial charge in [0.2, 0.25) is 0 Å². The highest BCUT2D eigenvalue weighted by atomic mass is 16.1. The molecule has 0 spiro atoms. The maximum atomic E-state index is 13.4. The number of carbonyl (C=O) groups excluding carboxylic acids is 1. The van der Waals surface area contributed by atoms with E-state index in [-0.39, 0.29) is 11.9 Å². The summed E-state index contributed by atoms with van der Waals surface area (Å²) in [5, 5.41) is 3.14. The van der Waals surface area contributed by atoms with Crippen LogP contribution in [0.5, 0.6) is 0 Å². The molecule has 0 radical (unpaired) electrons. The molecule has 0 aliphatic rings. The van der Waals surface area contributed by atoms with Crippen LogP contribution < -0.4 is 11.1 Å². The van der Waals surface area contributed by atoms with Crippen LogP contribution in [-0.2, 0) is 13.0 Å². The van der Waals surface area contributed by atoms with E-state index in [0.29, 0.717) is 22.5 Å². The van der Waals surface area contributed by atoms with E-state index in [9.17, 15) is 4.79 Å². The lowest BCUT2D eigenvalue weighted by Gasteiger charge is -2.14. The van der Waals surface area contributed by atoms with Crippen LogP contribution in [0.1, 0.15) is 61.9 Å². The standard InChI is InChI=1S/C27H33N5O/c1-3-4-5-11-18-32-25(28)23(24-26(32)31-22-15-10-9-14-21(22)30-24)27(33)29-19(2)16-17-20-12-7-6-8-13-20/h6-10,12-15,19H,3-5,11,16-18,28H2,1-2H3,(H,29,33)/t19-/m1/s1. The average Bonchev–Trinajstić information content (AvgIpc) is 3.10. The van der Waals surface area contributed by atoms with Crippen LogP contribution in [0.25, 0.3) is 22.2 Å². The quantitative estimate of drug-likeness (QED) is 0.317. The van der Waals surface area contributed by atoms with Gasteiger partial charge in [-0.15, -0.1) is 0 Å². The molecular weight excluding hydrogens is 410 g/mol. The fraction of sp³-hybridized carbons (Fsp3) is 0.370. The Morgan fingerprint density at radius 1 is 1.00 bits per heavy atom. The number of aromatic nitrogens is 3. The molecule has 2 aromatic carbocycles. The van der Waals surface area contributed by atoms with Gasteiger partial charge in [0, 0.05) is 12.6 Å². The highest BCUT2D eigenvalue weighted by Gasteiger charge is 2.24. The number of hydrogen-bond acceptors (Lipinski definition) is 4. The van der Waals surface area contributed by atoms with Gasteiger partial charge in [-0.3, -0.25) is 4.79 Å². The molecule has 33 heavy (non-hydrogen) atoms. The third-order valence-electron chi connectivity index (χ3n) is 6.14. The minimum atomic E-state index is -0.185. The highest BCUT2D eigenvalue weighted by Crippen LogP contribution is 2.28. The van der Waals surface area contributed by atoms with Crippen molar-refractivity contribution >= 4 is 33.9 Å². The van der Waals surface area contributed by atoms with Crippen molar-refractivity contribution in [2.45, 2.75) is 65.0 Å². The topological polar surface area (TPSA) is 85.8 Å². The molecule has 172 valence electrons. The van der Waals surface area contributed by atoms with Crippen LogP contribution in [0, 0.1) is 0 Å². The van der Waals surface area contributed by atoms with E-state index in [1.54, 1.807) is 0 Å².